The summed E-state index contributed by atoms with van der Waals surface area (Å²) in [5.41, 5.74) is 4.72. The second kappa shape index (κ2) is 6.84. The normalized spacial score (nSPS) is 15.1. The fourth-order valence-electron chi connectivity index (χ4n) is 3.70. The summed E-state index contributed by atoms with van der Waals surface area (Å²) in [5, 5.41) is 0. The molecule has 0 bridgehead atoms. The predicted molar refractivity (Wildman–Crippen MR) is 104 cm³/mol. The minimum absolute atomic E-state index is 0.414. The van der Waals surface area contributed by atoms with Gasteiger partial charge in [-0.1, -0.05) is 0 Å². The molecule has 119 valence electrons. The molecule has 0 atom stereocenters. The van der Waals surface area contributed by atoms with Crippen LogP contribution in [0, 0.1) is 0 Å². The molecule has 0 fully saturated rings. The second-order valence-corrected chi connectivity index (χ2v) is 16.9. The molecule has 2 aromatic rings. The molecule has 1 radical (unpaired) electrons. The molecule has 3 rings (SSSR count). The van der Waals surface area contributed by atoms with Crippen LogP contribution in [0.25, 0.3) is 9.16 Å². The van der Waals surface area contributed by atoms with E-state index in [9.17, 15) is 0 Å². The van der Waals surface area contributed by atoms with Gasteiger partial charge in [0.25, 0.3) is 0 Å². The summed E-state index contributed by atoms with van der Waals surface area (Å²) in [4.78, 5) is 0. The Balaban J connectivity index is 2.23. The van der Waals surface area contributed by atoms with Crippen molar-refractivity contribution in [3.05, 3.63) is 65.7 Å². The van der Waals surface area contributed by atoms with Crippen LogP contribution in [0.1, 0.15) is 58.1 Å². The number of rotatable bonds is 4. The van der Waals surface area contributed by atoms with Crippen LogP contribution in [-0.4, -0.2) is 19.8 Å². The molecular weight excluding hydrogens is 383 g/mol. The van der Waals surface area contributed by atoms with Crippen molar-refractivity contribution in [1.29, 1.82) is 0 Å². The van der Waals surface area contributed by atoms with Crippen molar-refractivity contribution in [2.45, 2.75) is 50.4 Å². The molecule has 0 aromatic heterocycles. The molecule has 0 spiro atoms. The standard InChI is InChI=1S/C18H18.C4H9.Sn/c1-2-3-12-18(17-13-8-5-9-14-17)15-16-10-6-4-7-11-16;1-4(2)3;/h4-11,13H,2-3,12H2,1H3;1-3H3;. The molecule has 0 nitrogen and oxygen atoms in total. The van der Waals surface area contributed by atoms with Crippen LogP contribution < -0.4 is 3.58 Å². The van der Waals surface area contributed by atoms with Crippen molar-refractivity contribution in [2.24, 2.45) is 0 Å². The van der Waals surface area contributed by atoms with Gasteiger partial charge in [0.1, 0.15) is 0 Å². The van der Waals surface area contributed by atoms with E-state index >= 15 is 0 Å². The molecule has 0 aliphatic carbocycles. The number of hydrogen-bond donors (Lipinski definition) is 0. The van der Waals surface area contributed by atoms with Gasteiger partial charge in [-0.3, -0.25) is 0 Å². The van der Waals surface area contributed by atoms with E-state index in [1.54, 1.807) is 18.3 Å². The molecular formula is C22H27Sn. The number of allylic oxidation sites excluding steroid dienone is 1. The van der Waals surface area contributed by atoms with Gasteiger partial charge in [0.15, 0.2) is 0 Å². The first-order valence-electron chi connectivity index (χ1n) is 8.80. The summed E-state index contributed by atoms with van der Waals surface area (Å²) < 4.78 is 3.89. The van der Waals surface area contributed by atoms with Crippen molar-refractivity contribution >= 4 is 32.5 Å². The molecule has 0 saturated carbocycles. The molecule has 0 unspecified atom stereocenters. The Morgan fingerprint density at radius 1 is 0.870 bits per heavy atom. The Morgan fingerprint density at radius 2 is 1.52 bits per heavy atom. The minimum atomic E-state index is -1.94. The van der Waals surface area contributed by atoms with E-state index in [2.05, 4.69) is 82.3 Å². The summed E-state index contributed by atoms with van der Waals surface area (Å²) in [6, 6.07) is 20.5. The van der Waals surface area contributed by atoms with Crippen LogP contribution in [0.15, 0.2) is 54.6 Å². The van der Waals surface area contributed by atoms with Crippen molar-refractivity contribution in [2.75, 3.05) is 0 Å². The van der Waals surface area contributed by atoms with E-state index in [0.29, 0.717) is 3.43 Å². The molecule has 1 heterocycles. The fraction of sp³-hybridized carbons (Fsp3) is 0.364. The maximum absolute atomic E-state index is 2.46. The van der Waals surface area contributed by atoms with Gasteiger partial charge >= 0.3 is 149 Å². The van der Waals surface area contributed by atoms with Crippen molar-refractivity contribution in [1.82, 2.24) is 0 Å². The van der Waals surface area contributed by atoms with E-state index in [0.717, 1.165) is 0 Å². The molecule has 1 aliphatic heterocycles. The molecule has 23 heavy (non-hydrogen) atoms. The third-order valence-corrected chi connectivity index (χ3v) is 14.8. The van der Waals surface area contributed by atoms with Gasteiger partial charge in [0.05, 0.1) is 0 Å². The van der Waals surface area contributed by atoms with Gasteiger partial charge in [0.2, 0.25) is 0 Å². The van der Waals surface area contributed by atoms with Gasteiger partial charge in [-0.05, 0) is 0 Å². The number of benzene rings is 2. The van der Waals surface area contributed by atoms with Crippen LogP contribution in [0.4, 0.5) is 0 Å². The van der Waals surface area contributed by atoms with Crippen LogP contribution in [-0.2, 0) is 0 Å². The van der Waals surface area contributed by atoms with Crippen LogP contribution >= 0.6 is 0 Å². The SMILES string of the molecule is CCCCC1=[C](c2ccccc2)[Sn]([C](C)(C)C)[c]2ccccc21. The predicted octanol–water partition coefficient (Wildman–Crippen LogP) is 5.84. The zero-order valence-electron chi connectivity index (χ0n) is 14.8. The van der Waals surface area contributed by atoms with Crippen molar-refractivity contribution in [3.63, 3.8) is 0 Å². The third kappa shape index (κ3) is 3.28. The molecule has 1 heteroatoms. The Kier molecular flexibility index (Phi) is 5.01. The van der Waals surface area contributed by atoms with Crippen molar-refractivity contribution < 1.29 is 0 Å². The van der Waals surface area contributed by atoms with Gasteiger partial charge in [0, 0.05) is 0 Å². The Hall–Kier alpha value is -1.02. The van der Waals surface area contributed by atoms with Gasteiger partial charge < -0.3 is 0 Å². The van der Waals surface area contributed by atoms with Gasteiger partial charge in [-0.2, -0.15) is 0 Å². The molecule has 0 amide bonds. The van der Waals surface area contributed by atoms with E-state index in [1.807, 2.05) is 0 Å². The van der Waals surface area contributed by atoms with Gasteiger partial charge in [-0.15, -0.1) is 0 Å². The number of fused-ring (bicyclic) bond motifs is 1. The number of hydrogen-bond acceptors (Lipinski definition) is 0. The zero-order chi connectivity index (χ0) is 16.4. The summed E-state index contributed by atoms with van der Waals surface area (Å²) in [7, 11) is 0. The van der Waals surface area contributed by atoms with E-state index < -0.39 is 19.8 Å². The monoisotopic (exact) mass is 411 g/mol. The topological polar surface area (TPSA) is 0 Å². The van der Waals surface area contributed by atoms with Crippen LogP contribution in [0.3, 0.4) is 0 Å². The van der Waals surface area contributed by atoms with E-state index in [4.69, 9.17) is 0 Å². The van der Waals surface area contributed by atoms with E-state index in [-0.39, 0.29) is 0 Å². The summed E-state index contributed by atoms with van der Waals surface area (Å²) >= 11 is -1.94. The molecule has 2 aromatic carbocycles. The van der Waals surface area contributed by atoms with Crippen LogP contribution in [0.2, 0.25) is 3.43 Å². The van der Waals surface area contributed by atoms with Crippen molar-refractivity contribution in [3.8, 4) is 0 Å². The fourth-order valence-corrected chi connectivity index (χ4v) is 14.0. The van der Waals surface area contributed by atoms with Gasteiger partial charge in [-0.25, -0.2) is 0 Å². The molecule has 0 N–H and O–H groups in total. The number of unbranched alkanes of at least 4 members (excludes halogenated alkanes) is 1. The first kappa shape index (κ1) is 16.8. The average molecular weight is 410 g/mol. The summed E-state index contributed by atoms with van der Waals surface area (Å²) in [6.07, 6.45) is 3.79. The van der Waals surface area contributed by atoms with Crippen LogP contribution in [0.5, 0.6) is 0 Å². The Bertz CT molecular complexity index is 704. The summed E-state index contributed by atoms with van der Waals surface area (Å²) in [6.45, 7) is 9.69. The third-order valence-electron chi connectivity index (χ3n) is 4.67. The molecule has 0 saturated heterocycles. The average Bonchev–Trinajstić information content (AvgIpc) is 2.88. The molecule has 1 aliphatic rings. The first-order valence-corrected chi connectivity index (χ1v) is 13.1. The first-order chi connectivity index (χ1) is 11.0. The quantitative estimate of drug-likeness (QED) is 0.556. The summed E-state index contributed by atoms with van der Waals surface area (Å²) in [5.74, 6) is 0. The zero-order valence-corrected chi connectivity index (χ0v) is 17.7. The Labute approximate surface area is 148 Å². The van der Waals surface area contributed by atoms with E-state index in [1.165, 1.54) is 24.8 Å². The Morgan fingerprint density at radius 3 is 2.17 bits per heavy atom. The maximum atomic E-state index is 2.46. The second-order valence-electron chi connectivity index (χ2n) is 7.49.